The standard InChI is InChI=1S/C13H9Cl2N3O/c1-8(18-5-4-17-12(18)7-16)13(19)10-3-2-9(14)6-11(10)15/h2-6,8H,1H3. The lowest BCUT2D eigenvalue weighted by molar-refractivity contribution is 0.0934. The maximum atomic E-state index is 12.4. The highest BCUT2D eigenvalue weighted by atomic mass is 35.5. The van der Waals surface area contributed by atoms with Crippen molar-refractivity contribution in [1.82, 2.24) is 9.55 Å². The van der Waals surface area contributed by atoms with E-state index in [-0.39, 0.29) is 11.6 Å². The molecule has 96 valence electrons. The van der Waals surface area contributed by atoms with Gasteiger partial charge >= 0.3 is 0 Å². The second-order valence-corrected chi connectivity index (χ2v) is 4.78. The van der Waals surface area contributed by atoms with Gasteiger partial charge < -0.3 is 4.57 Å². The van der Waals surface area contributed by atoms with E-state index in [1.807, 2.05) is 6.07 Å². The molecule has 0 N–H and O–H groups in total. The van der Waals surface area contributed by atoms with Crippen LogP contribution < -0.4 is 0 Å². The molecule has 19 heavy (non-hydrogen) atoms. The second kappa shape index (κ2) is 5.43. The fraction of sp³-hybridized carbons (Fsp3) is 0.154. The normalized spacial score (nSPS) is 11.9. The van der Waals surface area contributed by atoms with Gasteiger partial charge in [0.1, 0.15) is 6.07 Å². The summed E-state index contributed by atoms with van der Waals surface area (Å²) in [6, 6.07) is 6.07. The molecule has 0 saturated carbocycles. The monoisotopic (exact) mass is 293 g/mol. The van der Waals surface area contributed by atoms with Gasteiger partial charge in [-0.3, -0.25) is 4.79 Å². The summed E-state index contributed by atoms with van der Waals surface area (Å²) in [5, 5.41) is 9.67. The Balaban J connectivity index is 2.37. The largest absolute Gasteiger partial charge is 0.312 e. The molecular formula is C13H9Cl2N3O. The van der Waals surface area contributed by atoms with Crippen LogP contribution in [0.5, 0.6) is 0 Å². The highest BCUT2D eigenvalue weighted by molar-refractivity contribution is 6.36. The van der Waals surface area contributed by atoms with Crippen molar-refractivity contribution in [3.05, 3.63) is 52.0 Å². The molecule has 2 aromatic rings. The summed E-state index contributed by atoms with van der Waals surface area (Å²) >= 11 is 11.8. The Kier molecular flexibility index (Phi) is 3.89. The summed E-state index contributed by atoms with van der Waals surface area (Å²) < 4.78 is 1.51. The first kappa shape index (κ1) is 13.6. The van der Waals surface area contributed by atoms with Gasteiger partial charge in [-0.05, 0) is 25.1 Å². The smallest absolute Gasteiger partial charge is 0.213 e. The zero-order valence-corrected chi connectivity index (χ0v) is 11.5. The number of halogens is 2. The van der Waals surface area contributed by atoms with E-state index in [4.69, 9.17) is 28.5 Å². The number of hydrogen-bond acceptors (Lipinski definition) is 3. The number of nitrogens with zero attached hydrogens (tertiary/aromatic N) is 3. The number of rotatable bonds is 3. The average molecular weight is 294 g/mol. The van der Waals surface area contributed by atoms with Crippen LogP contribution in [-0.4, -0.2) is 15.3 Å². The van der Waals surface area contributed by atoms with Crippen LogP contribution >= 0.6 is 23.2 Å². The molecular weight excluding hydrogens is 285 g/mol. The minimum atomic E-state index is -0.559. The van der Waals surface area contributed by atoms with E-state index in [0.717, 1.165) is 0 Å². The predicted molar refractivity (Wildman–Crippen MR) is 72.4 cm³/mol. The first-order valence-electron chi connectivity index (χ1n) is 5.46. The number of benzene rings is 1. The van der Waals surface area contributed by atoms with Crippen molar-refractivity contribution in [3.63, 3.8) is 0 Å². The Morgan fingerprint density at radius 3 is 2.84 bits per heavy atom. The van der Waals surface area contributed by atoms with Crippen LogP contribution in [0.2, 0.25) is 10.0 Å². The third-order valence-electron chi connectivity index (χ3n) is 2.76. The fourth-order valence-corrected chi connectivity index (χ4v) is 2.25. The Bertz CT molecular complexity index is 673. The Labute approximate surface area is 120 Å². The number of Topliss-reactive ketones (excluding diaryl/α,β-unsaturated/α-hetero) is 1. The molecule has 1 atom stereocenters. The van der Waals surface area contributed by atoms with Gasteiger partial charge in [0.2, 0.25) is 5.82 Å². The van der Waals surface area contributed by atoms with Gasteiger partial charge in [0.05, 0.1) is 11.1 Å². The molecule has 0 bridgehead atoms. The van der Waals surface area contributed by atoms with E-state index in [2.05, 4.69) is 4.98 Å². The molecule has 0 aliphatic carbocycles. The number of nitriles is 1. The first-order valence-corrected chi connectivity index (χ1v) is 6.22. The molecule has 6 heteroatoms. The molecule has 0 saturated heterocycles. The summed E-state index contributed by atoms with van der Waals surface area (Å²) in [5.41, 5.74) is 0.371. The molecule has 0 aliphatic rings. The van der Waals surface area contributed by atoms with Crippen molar-refractivity contribution in [2.75, 3.05) is 0 Å². The number of ketones is 1. The van der Waals surface area contributed by atoms with Gasteiger partial charge in [-0.1, -0.05) is 23.2 Å². The minimum absolute atomic E-state index is 0.186. The van der Waals surface area contributed by atoms with Gasteiger partial charge in [0.25, 0.3) is 0 Å². The van der Waals surface area contributed by atoms with Crippen molar-refractivity contribution >= 4 is 29.0 Å². The summed E-state index contributed by atoms with van der Waals surface area (Å²) in [5.74, 6) is -0.0119. The quantitative estimate of drug-likeness (QED) is 0.814. The molecule has 0 radical (unpaired) electrons. The molecule has 1 heterocycles. The van der Waals surface area contributed by atoms with Crippen molar-refractivity contribution < 1.29 is 4.79 Å². The van der Waals surface area contributed by atoms with E-state index >= 15 is 0 Å². The van der Waals surface area contributed by atoms with Crippen LogP contribution in [0.1, 0.15) is 29.1 Å². The minimum Gasteiger partial charge on any atom is -0.312 e. The van der Waals surface area contributed by atoms with Gasteiger partial charge in [0.15, 0.2) is 5.78 Å². The van der Waals surface area contributed by atoms with Crippen LogP contribution in [0.4, 0.5) is 0 Å². The van der Waals surface area contributed by atoms with E-state index in [1.54, 1.807) is 25.3 Å². The van der Waals surface area contributed by atoms with Crippen LogP contribution in [0, 0.1) is 11.3 Å². The van der Waals surface area contributed by atoms with E-state index in [1.165, 1.54) is 16.8 Å². The van der Waals surface area contributed by atoms with Crippen LogP contribution in [0.15, 0.2) is 30.6 Å². The SMILES string of the molecule is CC(C(=O)c1ccc(Cl)cc1Cl)n1ccnc1C#N. The molecule has 0 aliphatic heterocycles. The number of hydrogen-bond donors (Lipinski definition) is 0. The Morgan fingerprint density at radius 1 is 1.47 bits per heavy atom. The number of carbonyl (C=O) groups excluding carboxylic acids is 1. The summed E-state index contributed by atoms with van der Waals surface area (Å²) in [7, 11) is 0. The van der Waals surface area contributed by atoms with E-state index < -0.39 is 6.04 Å². The maximum Gasteiger partial charge on any atom is 0.213 e. The Morgan fingerprint density at radius 2 is 2.21 bits per heavy atom. The van der Waals surface area contributed by atoms with Crippen LogP contribution in [0.3, 0.4) is 0 Å². The zero-order valence-electron chi connectivity index (χ0n) is 9.97. The molecule has 0 amide bonds. The second-order valence-electron chi connectivity index (χ2n) is 3.93. The van der Waals surface area contributed by atoms with Gasteiger partial charge in [-0.25, -0.2) is 4.98 Å². The maximum absolute atomic E-state index is 12.4. The number of imidazole rings is 1. The van der Waals surface area contributed by atoms with E-state index in [0.29, 0.717) is 15.6 Å². The lowest BCUT2D eigenvalue weighted by Gasteiger charge is -2.14. The molecule has 0 spiro atoms. The zero-order chi connectivity index (χ0) is 14.0. The first-order chi connectivity index (χ1) is 9.04. The van der Waals surface area contributed by atoms with Crippen molar-refractivity contribution in [2.45, 2.75) is 13.0 Å². The van der Waals surface area contributed by atoms with Crippen molar-refractivity contribution in [3.8, 4) is 6.07 Å². The van der Waals surface area contributed by atoms with Crippen LogP contribution in [0.25, 0.3) is 0 Å². The van der Waals surface area contributed by atoms with Gasteiger partial charge in [-0.15, -0.1) is 0 Å². The lowest BCUT2D eigenvalue weighted by atomic mass is 10.1. The van der Waals surface area contributed by atoms with E-state index in [9.17, 15) is 4.79 Å². The lowest BCUT2D eigenvalue weighted by Crippen LogP contribution is -2.17. The van der Waals surface area contributed by atoms with Gasteiger partial charge in [0, 0.05) is 23.0 Å². The third-order valence-corrected chi connectivity index (χ3v) is 3.31. The molecule has 0 fully saturated rings. The van der Waals surface area contributed by atoms with Crippen molar-refractivity contribution in [2.24, 2.45) is 0 Å². The molecule has 2 rings (SSSR count). The van der Waals surface area contributed by atoms with Crippen LogP contribution in [-0.2, 0) is 0 Å². The molecule has 1 unspecified atom stereocenters. The highest BCUT2D eigenvalue weighted by Gasteiger charge is 2.21. The summed E-state index contributed by atoms with van der Waals surface area (Å²) in [6.07, 6.45) is 3.07. The highest BCUT2D eigenvalue weighted by Crippen LogP contribution is 2.25. The van der Waals surface area contributed by atoms with Crippen molar-refractivity contribution in [1.29, 1.82) is 5.26 Å². The summed E-state index contributed by atoms with van der Waals surface area (Å²) in [4.78, 5) is 16.2. The van der Waals surface area contributed by atoms with Gasteiger partial charge in [-0.2, -0.15) is 5.26 Å². The number of aromatic nitrogens is 2. The average Bonchev–Trinajstić information content (AvgIpc) is 2.85. The molecule has 4 nitrogen and oxygen atoms in total. The number of carbonyl (C=O) groups is 1. The third kappa shape index (κ3) is 2.62. The summed E-state index contributed by atoms with van der Waals surface area (Å²) in [6.45, 7) is 1.69. The molecule has 1 aromatic carbocycles. The Hall–Kier alpha value is -1.83. The molecule has 1 aromatic heterocycles. The fourth-order valence-electron chi connectivity index (χ4n) is 1.75. The predicted octanol–water partition coefficient (Wildman–Crippen LogP) is 3.51. The topological polar surface area (TPSA) is 58.7 Å².